The third-order valence-corrected chi connectivity index (χ3v) is 5.37. The minimum absolute atomic E-state index is 0.430. The van der Waals surface area contributed by atoms with Crippen LogP contribution in [0, 0.1) is 11.3 Å². The third kappa shape index (κ3) is 10.7. The van der Waals surface area contributed by atoms with Crippen molar-refractivity contribution in [2.24, 2.45) is 0 Å². The molecule has 0 aromatic heterocycles. The summed E-state index contributed by atoms with van der Waals surface area (Å²) in [4.78, 5) is 0. The zero-order chi connectivity index (χ0) is 16.0. The van der Waals surface area contributed by atoms with Crippen LogP contribution in [0.2, 0.25) is 0 Å². The van der Waals surface area contributed by atoms with Crippen molar-refractivity contribution in [2.45, 2.75) is 89.7 Å². The van der Waals surface area contributed by atoms with Gasteiger partial charge < -0.3 is 0 Å². The molecule has 0 aliphatic rings. The third-order valence-electron chi connectivity index (χ3n) is 3.67. The van der Waals surface area contributed by atoms with Gasteiger partial charge in [0.25, 0.3) is 0 Å². The lowest BCUT2D eigenvalue weighted by Gasteiger charge is -2.11. The Hall–Kier alpha value is -0.600. The largest absolute Gasteiger partial charge is 0.227 e. The second kappa shape index (κ2) is 13.1. The zero-order valence-corrected chi connectivity index (χ0v) is 14.6. The van der Waals surface area contributed by atoms with E-state index in [2.05, 4.69) is 11.6 Å². The van der Waals surface area contributed by atoms with Gasteiger partial charge in [-0.05, 0) is 12.8 Å². The molecule has 0 spiro atoms. The number of unbranched alkanes of at least 4 members (excludes halogenated alkanes) is 8. The van der Waals surface area contributed by atoms with E-state index in [1.165, 1.54) is 38.5 Å². The second-order valence-corrected chi connectivity index (χ2v) is 7.62. The number of nitrogens with one attached hydrogen (secondary N) is 1. The van der Waals surface area contributed by atoms with E-state index in [1.54, 1.807) is 0 Å². The Bertz CT molecular complexity index is 374. The SMILES string of the molecule is CCCCCCCCCCNS(=O)(=O)C(C#N)CCCC. The van der Waals surface area contributed by atoms with Crippen molar-refractivity contribution in [2.75, 3.05) is 6.54 Å². The minimum atomic E-state index is -3.46. The van der Waals surface area contributed by atoms with E-state index in [1.807, 2.05) is 13.0 Å². The average molecular weight is 317 g/mol. The van der Waals surface area contributed by atoms with E-state index in [-0.39, 0.29) is 0 Å². The topological polar surface area (TPSA) is 70.0 Å². The van der Waals surface area contributed by atoms with Crippen molar-refractivity contribution >= 4 is 10.0 Å². The van der Waals surface area contributed by atoms with Gasteiger partial charge in [-0.1, -0.05) is 71.6 Å². The predicted molar refractivity (Wildman–Crippen MR) is 88.5 cm³/mol. The molecule has 0 aromatic carbocycles. The summed E-state index contributed by atoms with van der Waals surface area (Å²) in [5.41, 5.74) is 0. The lowest BCUT2D eigenvalue weighted by Crippen LogP contribution is -2.34. The van der Waals surface area contributed by atoms with Gasteiger partial charge in [0.15, 0.2) is 5.25 Å². The van der Waals surface area contributed by atoms with Crippen LogP contribution in [0.3, 0.4) is 0 Å². The van der Waals surface area contributed by atoms with Gasteiger partial charge >= 0.3 is 0 Å². The Morgan fingerprint density at radius 3 is 1.95 bits per heavy atom. The highest BCUT2D eigenvalue weighted by Gasteiger charge is 2.23. The first-order valence-electron chi connectivity index (χ1n) is 8.46. The molecule has 5 heteroatoms. The molecule has 1 unspecified atom stereocenters. The fraction of sp³-hybridized carbons (Fsp3) is 0.938. The van der Waals surface area contributed by atoms with E-state index >= 15 is 0 Å². The summed E-state index contributed by atoms with van der Waals surface area (Å²) in [6, 6.07) is 1.91. The smallest absolute Gasteiger partial charge is 0.214 e. The summed E-state index contributed by atoms with van der Waals surface area (Å²) in [7, 11) is -3.46. The highest BCUT2D eigenvalue weighted by Crippen LogP contribution is 2.10. The number of hydrogen-bond donors (Lipinski definition) is 1. The first-order chi connectivity index (χ1) is 10.1. The maximum Gasteiger partial charge on any atom is 0.227 e. The van der Waals surface area contributed by atoms with Gasteiger partial charge in [-0.2, -0.15) is 5.26 Å². The van der Waals surface area contributed by atoms with Crippen LogP contribution in [0.4, 0.5) is 0 Å². The predicted octanol–water partition coefficient (Wildman–Crippen LogP) is 4.13. The molecule has 21 heavy (non-hydrogen) atoms. The van der Waals surface area contributed by atoms with Gasteiger partial charge in [0, 0.05) is 6.54 Å². The van der Waals surface area contributed by atoms with Crippen molar-refractivity contribution < 1.29 is 8.42 Å². The Kier molecular flexibility index (Phi) is 12.7. The summed E-state index contributed by atoms with van der Waals surface area (Å²) in [5, 5.41) is 8.07. The van der Waals surface area contributed by atoms with Crippen molar-refractivity contribution in [1.29, 1.82) is 5.26 Å². The van der Waals surface area contributed by atoms with E-state index in [9.17, 15) is 8.42 Å². The van der Waals surface area contributed by atoms with Gasteiger partial charge in [0.1, 0.15) is 0 Å². The van der Waals surface area contributed by atoms with E-state index in [0.29, 0.717) is 13.0 Å². The molecular formula is C16H32N2O2S. The van der Waals surface area contributed by atoms with Gasteiger partial charge in [-0.25, -0.2) is 13.1 Å². The number of nitrogens with zero attached hydrogens (tertiary/aromatic N) is 1. The van der Waals surface area contributed by atoms with Crippen molar-refractivity contribution in [3.05, 3.63) is 0 Å². The zero-order valence-electron chi connectivity index (χ0n) is 13.7. The fourth-order valence-corrected chi connectivity index (χ4v) is 3.50. The fourth-order valence-electron chi connectivity index (χ4n) is 2.25. The van der Waals surface area contributed by atoms with E-state index in [4.69, 9.17) is 5.26 Å². The van der Waals surface area contributed by atoms with Crippen LogP contribution in [-0.2, 0) is 10.0 Å². The molecule has 0 aromatic rings. The molecule has 0 rings (SSSR count). The molecule has 4 nitrogen and oxygen atoms in total. The molecule has 0 heterocycles. The number of hydrogen-bond acceptors (Lipinski definition) is 3. The van der Waals surface area contributed by atoms with Gasteiger partial charge in [-0.15, -0.1) is 0 Å². The summed E-state index contributed by atoms with van der Waals surface area (Å²) in [5.74, 6) is 0. The van der Waals surface area contributed by atoms with Gasteiger partial charge in [0.2, 0.25) is 10.0 Å². The number of nitriles is 1. The van der Waals surface area contributed by atoms with Crippen LogP contribution in [-0.4, -0.2) is 20.2 Å². The van der Waals surface area contributed by atoms with E-state index < -0.39 is 15.3 Å². The molecule has 0 saturated heterocycles. The summed E-state index contributed by atoms with van der Waals surface area (Å²) >= 11 is 0. The highest BCUT2D eigenvalue weighted by atomic mass is 32.2. The van der Waals surface area contributed by atoms with Crippen LogP contribution >= 0.6 is 0 Å². The Labute approximate surface area is 131 Å². The summed E-state index contributed by atoms with van der Waals surface area (Å²) < 4.78 is 26.5. The van der Waals surface area contributed by atoms with Crippen molar-refractivity contribution in [3.63, 3.8) is 0 Å². The number of sulfonamides is 1. The molecule has 0 aliphatic carbocycles. The van der Waals surface area contributed by atoms with E-state index in [0.717, 1.165) is 25.7 Å². The van der Waals surface area contributed by atoms with Crippen molar-refractivity contribution in [3.8, 4) is 6.07 Å². The van der Waals surface area contributed by atoms with Crippen LogP contribution < -0.4 is 4.72 Å². The molecule has 124 valence electrons. The Morgan fingerprint density at radius 1 is 0.905 bits per heavy atom. The molecule has 0 fully saturated rings. The molecular weight excluding hydrogens is 284 g/mol. The molecule has 0 saturated carbocycles. The number of rotatable bonds is 14. The highest BCUT2D eigenvalue weighted by molar-refractivity contribution is 7.90. The first-order valence-corrected chi connectivity index (χ1v) is 10.0. The quantitative estimate of drug-likeness (QED) is 0.490. The van der Waals surface area contributed by atoms with Crippen LogP contribution in [0.25, 0.3) is 0 Å². The molecule has 0 aliphatic heterocycles. The Balaban J connectivity index is 3.72. The molecule has 0 bridgehead atoms. The van der Waals surface area contributed by atoms with Gasteiger partial charge in [0.05, 0.1) is 6.07 Å². The van der Waals surface area contributed by atoms with Crippen LogP contribution in [0.1, 0.15) is 84.5 Å². The van der Waals surface area contributed by atoms with Gasteiger partial charge in [-0.3, -0.25) is 0 Å². The lowest BCUT2D eigenvalue weighted by atomic mass is 10.1. The monoisotopic (exact) mass is 316 g/mol. The normalized spacial score (nSPS) is 13.0. The maximum absolute atomic E-state index is 11.9. The average Bonchev–Trinajstić information content (AvgIpc) is 2.46. The lowest BCUT2D eigenvalue weighted by molar-refractivity contribution is 0.551. The van der Waals surface area contributed by atoms with Crippen molar-refractivity contribution in [1.82, 2.24) is 4.72 Å². The standard InChI is InChI=1S/C16H32N2O2S/c1-3-5-7-8-9-10-11-12-14-18-21(19,20)16(15-17)13-6-4-2/h16,18H,3-14H2,1-2H3. The first kappa shape index (κ1) is 20.4. The van der Waals surface area contributed by atoms with Crippen LogP contribution in [0.15, 0.2) is 0 Å². The molecule has 0 radical (unpaired) electrons. The second-order valence-electron chi connectivity index (χ2n) is 5.67. The minimum Gasteiger partial charge on any atom is -0.214 e. The molecule has 0 amide bonds. The summed E-state index contributed by atoms with van der Waals surface area (Å²) in [6.45, 7) is 4.66. The Morgan fingerprint density at radius 2 is 1.43 bits per heavy atom. The molecule has 1 N–H and O–H groups in total. The maximum atomic E-state index is 11.9. The van der Waals surface area contributed by atoms with Crippen LogP contribution in [0.5, 0.6) is 0 Å². The summed E-state index contributed by atoms with van der Waals surface area (Å²) in [6.07, 6.45) is 11.6. The molecule has 1 atom stereocenters.